The number of ether oxygens (including phenoxy) is 1. The van der Waals surface area contributed by atoms with Gasteiger partial charge in [-0.25, -0.2) is 0 Å². The Balaban J connectivity index is 1.63. The summed E-state index contributed by atoms with van der Waals surface area (Å²) in [5, 5.41) is 3.50. The monoisotopic (exact) mass is 410 g/mol. The van der Waals surface area contributed by atoms with Crippen LogP contribution in [0.2, 0.25) is 0 Å². The Morgan fingerprint density at radius 1 is 1.12 bits per heavy atom. The lowest BCUT2D eigenvalue weighted by molar-refractivity contribution is 0.297. The molecular weight excluding hydrogens is 392 g/mol. The topological polar surface area (TPSA) is 43.3 Å². The number of benzene rings is 2. The van der Waals surface area contributed by atoms with Crippen LogP contribution < -0.4 is 15.5 Å². The lowest BCUT2D eigenvalue weighted by Crippen LogP contribution is -2.36. The maximum atomic E-state index is 12.6. The van der Waals surface area contributed by atoms with Crippen molar-refractivity contribution in [3.05, 3.63) is 98.4 Å². The molecule has 0 amide bonds. The summed E-state index contributed by atoms with van der Waals surface area (Å²) in [5.41, 5.74) is 3.05. The van der Waals surface area contributed by atoms with Crippen molar-refractivity contribution in [1.29, 1.82) is 0 Å². The zero-order valence-corrected chi connectivity index (χ0v) is 15.8. The fourth-order valence-corrected chi connectivity index (χ4v) is 3.68. The second-order valence-corrected chi connectivity index (χ2v) is 7.25. The van der Waals surface area contributed by atoms with E-state index in [1.54, 1.807) is 6.07 Å². The Hall–Kier alpha value is -2.37. The van der Waals surface area contributed by atoms with Crippen molar-refractivity contribution in [2.24, 2.45) is 0 Å². The normalized spacial score (nSPS) is 16.1. The van der Waals surface area contributed by atoms with E-state index in [0.29, 0.717) is 12.4 Å². The molecule has 2 aromatic carbocycles. The number of pyridine rings is 1. The summed E-state index contributed by atoms with van der Waals surface area (Å²) in [7, 11) is 0. The van der Waals surface area contributed by atoms with Crippen LogP contribution in [0.4, 0.5) is 0 Å². The van der Waals surface area contributed by atoms with Crippen LogP contribution in [0.3, 0.4) is 0 Å². The highest BCUT2D eigenvalue weighted by Gasteiger charge is 2.22. The molecule has 132 valence electrons. The third-order valence-corrected chi connectivity index (χ3v) is 5.04. The molecule has 0 saturated heterocycles. The standard InChI is InChI=1S/C21H19BrN2O2/c22-17-8-4-7-16(11-17)21-18-12-19(25)20(13-24(18)10-9-23-21)26-14-15-5-2-1-3-6-15/h1-8,11-13,21,23H,9-10,14H2. The van der Waals surface area contributed by atoms with E-state index < -0.39 is 0 Å². The number of nitrogens with zero attached hydrogens (tertiary/aromatic N) is 1. The first kappa shape index (κ1) is 17.1. The third-order valence-electron chi connectivity index (χ3n) is 4.54. The Morgan fingerprint density at radius 2 is 1.96 bits per heavy atom. The summed E-state index contributed by atoms with van der Waals surface area (Å²) in [5.74, 6) is 0.396. The van der Waals surface area contributed by atoms with E-state index in [0.717, 1.165) is 34.4 Å². The number of nitrogens with one attached hydrogen (secondary N) is 1. The first-order valence-electron chi connectivity index (χ1n) is 8.61. The van der Waals surface area contributed by atoms with Crippen molar-refractivity contribution in [1.82, 2.24) is 9.88 Å². The predicted molar refractivity (Wildman–Crippen MR) is 105 cm³/mol. The van der Waals surface area contributed by atoms with E-state index in [-0.39, 0.29) is 11.5 Å². The van der Waals surface area contributed by atoms with Gasteiger partial charge < -0.3 is 14.6 Å². The minimum atomic E-state index is -0.0872. The van der Waals surface area contributed by atoms with Crippen LogP contribution in [0.25, 0.3) is 0 Å². The molecule has 26 heavy (non-hydrogen) atoms. The Bertz CT molecular complexity index is 969. The SMILES string of the molecule is O=c1cc2n(cc1OCc1ccccc1)CCNC2c1cccc(Br)c1. The van der Waals surface area contributed by atoms with E-state index >= 15 is 0 Å². The molecule has 0 spiro atoms. The molecule has 0 fully saturated rings. The fraction of sp³-hybridized carbons (Fsp3) is 0.190. The van der Waals surface area contributed by atoms with Gasteiger partial charge in [-0.15, -0.1) is 0 Å². The average Bonchev–Trinajstić information content (AvgIpc) is 2.67. The lowest BCUT2D eigenvalue weighted by Gasteiger charge is -2.29. The Labute approximate surface area is 160 Å². The molecule has 2 heterocycles. The Kier molecular flexibility index (Phi) is 4.91. The molecule has 1 aliphatic heterocycles. The second kappa shape index (κ2) is 7.48. The van der Waals surface area contributed by atoms with E-state index in [9.17, 15) is 4.79 Å². The van der Waals surface area contributed by atoms with Crippen LogP contribution in [-0.2, 0) is 13.2 Å². The number of halogens is 1. The van der Waals surface area contributed by atoms with E-state index in [1.807, 2.05) is 48.7 Å². The zero-order valence-electron chi connectivity index (χ0n) is 14.2. The summed E-state index contributed by atoms with van der Waals surface area (Å²) in [6.45, 7) is 2.04. The van der Waals surface area contributed by atoms with Gasteiger partial charge in [0.1, 0.15) is 6.61 Å². The van der Waals surface area contributed by atoms with E-state index in [2.05, 4.69) is 37.9 Å². The second-order valence-electron chi connectivity index (χ2n) is 6.34. The van der Waals surface area contributed by atoms with Gasteiger partial charge in [-0.05, 0) is 23.3 Å². The van der Waals surface area contributed by atoms with Crippen LogP contribution in [0.5, 0.6) is 5.75 Å². The third kappa shape index (κ3) is 3.59. The van der Waals surface area contributed by atoms with Gasteiger partial charge in [0.25, 0.3) is 0 Å². The van der Waals surface area contributed by atoms with Gasteiger partial charge in [0, 0.05) is 29.3 Å². The Morgan fingerprint density at radius 3 is 2.77 bits per heavy atom. The predicted octanol–water partition coefficient (Wildman–Crippen LogP) is 3.88. The summed E-state index contributed by atoms with van der Waals surface area (Å²) >= 11 is 3.52. The van der Waals surface area contributed by atoms with Gasteiger partial charge in [0.2, 0.25) is 5.43 Å². The van der Waals surface area contributed by atoms with Gasteiger partial charge >= 0.3 is 0 Å². The van der Waals surface area contributed by atoms with Crippen molar-refractivity contribution in [3.8, 4) is 5.75 Å². The van der Waals surface area contributed by atoms with Crippen LogP contribution in [-0.4, -0.2) is 11.1 Å². The van der Waals surface area contributed by atoms with Crippen LogP contribution in [0.1, 0.15) is 22.9 Å². The molecule has 3 aromatic rings. The summed E-state index contributed by atoms with van der Waals surface area (Å²) < 4.78 is 8.93. The molecule has 1 atom stereocenters. The zero-order chi connectivity index (χ0) is 17.9. The maximum Gasteiger partial charge on any atom is 0.223 e. The molecule has 1 unspecified atom stereocenters. The molecule has 1 aromatic heterocycles. The quantitative estimate of drug-likeness (QED) is 0.709. The van der Waals surface area contributed by atoms with Crippen molar-refractivity contribution < 1.29 is 4.74 Å². The molecule has 4 nitrogen and oxygen atoms in total. The summed E-state index contributed by atoms with van der Waals surface area (Å²) in [6.07, 6.45) is 1.84. The summed E-state index contributed by atoms with van der Waals surface area (Å²) in [4.78, 5) is 12.6. The molecule has 0 aliphatic carbocycles. The van der Waals surface area contributed by atoms with Gasteiger partial charge in [-0.3, -0.25) is 4.79 Å². The maximum absolute atomic E-state index is 12.6. The fourth-order valence-electron chi connectivity index (χ4n) is 3.26. The number of rotatable bonds is 4. The van der Waals surface area contributed by atoms with Gasteiger partial charge in [0.05, 0.1) is 12.2 Å². The number of aromatic nitrogens is 1. The minimum absolute atomic E-state index is 0.00266. The molecule has 0 bridgehead atoms. The highest BCUT2D eigenvalue weighted by atomic mass is 79.9. The molecule has 0 saturated carbocycles. The number of hydrogen-bond donors (Lipinski definition) is 1. The van der Waals surface area contributed by atoms with E-state index in [1.165, 1.54) is 0 Å². The first-order valence-corrected chi connectivity index (χ1v) is 9.40. The van der Waals surface area contributed by atoms with Gasteiger partial charge in [-0.2, -0.15) is 0 Å². The molecule has 0 radical (unpaired) electrons. The molecular formula is C21H19BrN2O2. The van der Waals surface area contributed by atoms with Crippen LogP contribution in [0.15, 0.2) is 76.1 Å². The highest BCUT2D eigenvalue weighted by Crippen LogP contribution is 2.27. The van der Waals surface area contributed by atoms with Gasteiger partial charge in [0.15, 0.2) is 5.75 Å². The van der Waals surface area contributed by atoms with Crippen molar-refractivity contribution in [2.45, 2.75) is 19.2 Å². The smallest absolute Gasteiger partial charge is 0.223 e. The summed E-state index contributed by atoms with van der Waals surface area (Å²) in [6, 6.07) is 19.7. The average molecular weight is 411 g/mol. The first-order chi connectivity index (χ1) is 12.7. The van der Waals surface area contributed by atoms with Crippen molar-refractivity contribution >= 4 is 15.9 Å². The van der Waals surface area contributed by atoms with E-state index in [4.69, 9.17) is 4.74 Å². The van der Waals surface area contributed by atoms with Crippen LogP contribution in [0, 0.1) is 0 Å². The number of hydrogen-bond acceptors (Lipinski definition) is 3. The molecule has 1 aliphatic rings. The number of fused-ring (bicyclic) bond motifs is 1. The van der Waals surface area contributed by atoms with Gasteiger partial charge in [-0.1, -0.05) is 58.4 Å². The lowest BCUT2D eigenvalue weighted by atomic mass is 10.0. The minimum Gasteiger partial charge on any atom is -0.483 e. The highest BCUT2D eigenvalue weighted by molar-refractivity contribution is 9.10. The van der Waals surface area contributed by atoms with Crippen LogP contribution >= 0.6 is 15.9 Å². The molecule has 5 heteroatoms. The molecule has 4 rings (SSSR count). The molecule has 1 N–H and O–H groups in total. The van der Waals surface area contributed by atoms with Crippen molar-refractivity contribution in [3.63, 3.8) is 0 Å². The largest absolute Gasteiger partial charge is 0.483 e. The van der Waals surface area contributed by atoms with Crippen molar-refractivity contribution in [2.75, 3.05) is 6.54 Å².